The molecule has 0 unspecified atom stereocenters. The van der Waals surface area contributed by atoms with Crippen molar-refractivity contribution < 1.29 is 9.90 Å². The lowest BCUT2D eigenvalue weighted by atomic mass is 10.1. The number of aromatic carboxylic acids is 1. The lowest BCUT2D eigenvalue weighted by molar-refractivity contribution is 0.0702. The van der Waals surface area contributed by atoms with Crippen LogP contribution >= 0.6 is 34.5 Å². The molecule has 0 saturated carbocycles. The van der Waals surface area contributed by atoms with Crippen molar-refractivity contribution >= 4 is 57.6 Å². The van der Waals surface area contributed by atoms with E-state index >= 15 is 0 Å². The zero-order valence-electron chi connectivity index (χ0n) is 15.6. The van der Waals surface area contributed by atoms with Crippen LogP contribution in [0.15, 0.2) is 53.3 Å². The molecule has 1 N–H and O–H groups in total. The largest absolute Gasteiger partial charge is 0.477 e. The number of nitrogens with zero attached hydrogens (tertiary/aromatic N) is 2. The Labute approximate surface area is 185 Å². The van der Waals surface area contributed by atoms with Crippen LogP contribution in [0.2, 0.25) is 10.0 Å². The van der Waals surface area contributed by atoms with E-state index in [-0.39, 0.29) is 26.2 Å². The van der Waals surface area contributed by atoms with Gasteiger partial charge >= 0.3 is 5.97 Å². The third-order valence-corrected chi connectivity index (χ3v) is 6.08. The molecule has 2 aromatic heterocycles. The molecule has 0 radical (unpaired) electrons. The van der Waals surface area contributed by atoms with Gasteiger partial charge < -0.3 is 5.11 Å². The van der Waals surface area contributed by atoms with Crippen molar-refractivity contribution in [3.63, 3.8) is 0 Å². The van der Waals surface area contributed by atoms with Crippen LogP contribution in [-0.4, -0.2) is 20.5 Å². The van der Waals surface area contributed by atoms with E-state index in [0.717, 1.165) is 22.5 Å². The van der Waals surface area contributed by atoms with Gasteiger partial charge in [-0.2, -0.15) is 0 Å². The fraction of sp³-hybridized carbons (Fsp3) is 0.0455. The maximum absolute atomic E-state index is 13.1. The van der Waals surface area contributed by atoms with E-state index in [1.807, 2.05) is 37.3 Å². The van der Waals surface area contributed by atoms with Gasteiger partial charge in [-0.05, 0) is 30.7 Å². The number of carbonyl (C=O) groups is 1. The molecule has 30 heavy (non-hydrogen) atoms. The quantitative estimate of drug-likeness (QED) is 0.414. The maximum atomic E-state index is 13.1. The first-order valence-electron chi connectivity index (χ1n) is 8.84. The summed E-state index contributed by atoms with van der Waals surface area (Å²) in [6.45, 7) is 1.98. The van der Waals surface area contributed by atoms with Gasteiger partial charge in [0.1, 0.15) is 9.90 Å². The molecule has 150 valence electrons. The minimum atomic E-state index is -1.15. The summed E-state index contributed by atoms with van der Waals surface area (Å²) in [5.41, 5.74) is 2.55. The molecule has 0 bridgehead atoms. The summed E-state index contributed by atoms with van der Waals surface area (Å²) < 4.78 is 1.24. The van der Waals surface area contributed by atoms with Crippen molar-refractivity contribution in [2.45, 2.75) is 6.92 Å². The number of benzene rings is 2. The summed E-state index contributed by atoms with van der Waals surface area (Å²) in [6, 6.07) is 14.4. The summed E-state index contributed by atoms with van der Waals surface area (Å²) in [5.74, 6) is -1.15. The topological polar surface area (TPSA) is 71.7 Å². The number of carboxylic acids is 1. The monoisotopic (exact) mass is 456 g/mol. The number of thiazole rings is 1. The van der Waals surface area contributed by atoms with Crippen molar-refractivity contribution in [3.05, 3.63) is 90.6 Å². The molecule has 2 heterocycles. The van der Waals surface area contributed by atoms with E-state index < -0.39 is 11.5 Å². The van der Waals surface area contributed by atoms with E-state index in [0.29, 0.717) is 10.6 Å². The Morgan fingerprint density at radius 3 is 2.53 bits per heavy atom. The molecule has 0 atom stereocenters. The number of rotatable bonds is 4. The highest BCUT2D eigenvalue weighted by Crippen LogP contribution is 2.32. The zero-order chi connectivity index (χ0) is 21.4. The van der Waals surface area contributed by atoms with Gasteiger partial charge in [-0.1, -0.05) is 82.6 Å². The summed E-state index contributed by atoms with van der Waals surface area (Å²) in [6.07, 6.45) is 3.46. The smallest absolute Gasteiger partial charge is 0.348 e. The number of aromatic nitrogens is 2. The highest BCUT2D eigenvalue weighted by Gasteiger charge is 2.23. The van der Waals surface area contributed by atoms with Gasteiger partial charge in [-0.25, -0.2) is 14.2 Å². The molecule has 0 spiro atoms. The van der Waals surface area contributed by atoms with E-state index in [1.165, 1.54) is 4.40 Å². The molecular weight excluding hydrogens is 443 g/mol. The average Bonchev–Trinajstić information content (AvgIpc) is 3.10. The van der Waals surface area contributed by atoms with Crippen molar-refractivity contribution in [3.8, 4) is 11.3 Å². The molecule has 8 heteroatoms. The van der Waals surface area contributed by atoms with Crippen LogP contribution in [-0.2, 0) is 0 Å². The van der Waals surface area contributed by atoms with E-state index in [1.54, 1.807) is 30.3 Å². The second-order valence-electron chi connectivity index (χ2n) is 6.57. The molecule has 0 aliphatic carbocycles. The number of aryl methyl sites for hydroxylation is 1. The molecule has 0 aliphatic rings. The zero-order valence-corrected chi connectivity index (χ0v) is 17.9. The first-order valence-corrected chi connectivity index (χ1v) is 10.4. The molecule has 0 fully saturated rings. The second-order valence-corrected chi connectivity index (χ2v) is 8.37. The summed E-state index contributed by atoms with van der Waals surface area (Å²) in [4.78, 5) is 29.6. The third-order valence-electron chi connectivity index (χ3n) is 4.44. The SMILES string of the molecule is Cc1cccc(/C=C/c2nc3sc(C(=O)O)c(-c4ccc(Cl)cc4)n3c(=O)c2Cl)c1. The van der Waals surface area contributed by atoms with Crippen molar-refractivity contribution in [1.29, 1.82) is 0 Å². The number of halogens is 2. The van der Waals surface area contributed by atoms with Crippen molar-refractivity contribution in [2.24, 2.45) is 0 Å². The Morgan fingerprint density at radius 1 is 1.13 bits per heavy atom. The maximum Gasteiger partial charge on any atom is 0.348 e. The number of hydrogen-bond donors (Lipinski definition) is 1. The Morgan fingerprint density at radius 2 is 1.87 bits per heavy atom. The minimum absolute atomic E-state index is 0.00203. The van der Waals surface area contributed by atoms with E-state index in [9.17, 15) is 14.7 Å². The number of carboxylic acid groups (broad SMARTS) is 1. The fourth-order valence-corrected chi connectivity index (χ4v) is 4.38. The van der Waals surface area contributed by atoms with E-state index in [2.05, 4.69) is 4.98 Å². The molecule has 5 nitrogen and oxygen atoms in total. The van der Waals surface area contributed by atoms with Crippen LogP contribution in [0.5, 0.6) is 0 Å². The minimum Gasteiger partial charge on any atom is -0.477 e. The first-order chi connectivity index (χ1) is 14.3. The van der Waals surface area contributed by atoms with Gasteiger partial charge in [0.05, 0.1) is 11.4 Å². The van der Waals surface area contributed by atoms with Gasteiger partial charge in [-0.15, -0.1) is 0 Å². The Kier molecular flexibility index (Phi) is 5.47. The molecule has 2 aromatic carbocycles. The Hall–Kier alpha value is -2.93. The highest BCUT2D eigenvalue weighted by atomic mass is 35.5. The Balaban J connectivity index is 1.92. The number of hydrogen-bond acceptors (Lipinski definition) is 4. The van der Waals surface area contributed by atoms with Gasteiger partial charge in [0.15, 0.2) is 4.96 Å². The standard InChI is InChI=1S/C22H14Cl2N2O3S/c1-12-3-2-4-13(11-12)5-10-16-17(24)20(27)26-18(14-6-8-15(23)9-7-14)19(21(28)29)30-22(26)25-16/h2-11H,1H3,(H,28,29)/b10-5+. The lowest BCUT2D eigenvalue weighted by Crippen LogP contribution is -2.17. The van der Waals surface area contributed by atoms with Crippen LogP contribution in [0.1, 0.15) is 26.5 Å². The molecule has 4 aromatic rings. The van der Waals surface area contributed by atoms with Gasteiger partial charge in [0, 0.05) is 10.6 Å². The third kappa shape index (κ3) is 3.77. The average molecular weight is 457 g/mol. The van der Waals surface area contributed by atoms with Crippen molar-refractivity contribution in [1.82, 2.24) is 9.38 Å². The molecule has 0 amide bonds. The molecule has 4 rings (SSSR count). The normalized spacial score (nSPS) is 11.4. The predicted octanol–water partition coefficient (Wildman–Crippen LogP) is 5.91. The summed E-state index contributed by atoms with van der Waals surface area (Å²) in [5, 5.41) is 10.1. The molecule has 0 saturated heterocycles. The van der Waals surface area contributed by atoms with Crippen LogP contribution in [0, 0.1) is 6.92 Å². The molecule has 0 aliphatic heterocycles. The number of fused-ring (bicyclic) bond motifs is 1. The molecular formula is C22H14Cl2N2O3S. The van der Waals surface area contributed by atoms with Crippen LogP contribution < -0.4 is 5.56 Å². The predicted molar refractivity (Wildman–Crippen MR) is 122 cm³/mol. The fourth-order valence-electron chi connectivity index (χ4n) is 3.08. The van der Waals surface area contributed by atoms with Crippen LogP contribution in [0.3, 0.4) is 0 Å². The first kappa shape index (κ1) is 20.3. The highest BCUT2D eigenvalue weighted by molar-refractivity contribution is 7.19. The van der Waals surface area contributed by atoms with Crippen LogP contribution in [0.25, 0.3) is 28.4 Å². The van der Waals surface area contributed by atoms with E-state index in [4.69, 9.17) is 23.2 Å². The van der Waals surface area contributed by atoms with Crippen LogP contribution in [0.4, 0.5) is 0 Å². The lowest BCUT2D eigenvalue weighted by Gasteiger charge is -2.05. The van der Waals surface area contributed by atoms with Crippen molar-refractivity contribution in [2.75, 3.05) is 0 Å². The summed E-state index contributed by atoms with van der Waals surface area (Å²) >= 11 is 13.2. The van der Waals surface area contributed by atoms with Gasteiger partial charge in [0.25, 0.3) is 5.56 Å². The van der Waals surface area contributed by atoms with Gasteiger partial charge in [-0.3, -0.25) is 4.79 Å². The summed E-state index contributed by atoms with van der Waals surface area (Å²) in [7, 11) is 0. The second kappa shape index (κ2) is 8.07. The van der Waals surface area contributed by atoms with Gasteiger partial charge in [0.2, 0.25) is 0 Å². The Bertz CT molecular complexity index is 1370.